The number of nitrogens with zero attached hydrogens (tertiary/aromatic N) is 2. The first-order valence-electron chi connectivity index (χ1n) is 9.42. The molecule has 1 N–H and O–H groups in total. The molecular formula is C21H30N2O4. The molecule has 2 rings (SSSR count). The van der Waals surface area contributed by atoms with Crippen molar-refractivity contribution >= 4 is 17.4 Å². The molecule has 2 amide bonds. The first-order chi connectivity index (χ1) is 12.8. The predicted octanol–water partition coefficient (Wildman–Crippen LogP) is 2.38. The minimum Gasteiger partial charge on any atom is -0.493 e. The second kappa shape index (κ2) is 9.04. The van der Waals surface area contributed by atoms with Gasteiger partial charge in [-0.3, -0.25) is 14.5 Å². The van der Waals surface area contributed by atoms with E-state index in [0.717, 1.165) is 5.75 Å². The minimum atomic E-state index is -0.306. The Morgan fingerprint density at radius 3 is 2.19 bits per heavy atom. The molecule has 0 unspecified atom stereocenters. The number of benzene rings is 1. The highest BCUT2D eigenvalue weighted by Crippen LogP contribution is 2.32. The summed E-state index contributed by atoms with van der Waals surface area (Å²) in [5, 5.41) is 9.27. The lowest BCUT2D eigenvalue weighted by Gasteiger charge is -2.21. The van der Waals surface area contributed by atoms with Crippen LogP contribution in [-0.2, 0) is 9.59 Å². The van der Waals surface area contributed by atoms with E-state index >= 15 is 0 Å². The summed E-state index contributed by atoms with van der Waals surface area (Å²) in [7, 11) is 1.72. The molecule has 1 heterocycles. The summed E-state index contributed by atoms with van der Waals surface area (Å²) >= 11 is 0. The highest BCUT2D eigenvalue weighted by molar-refractivity contribution is 6.35. The lowest BCUT2D eigenvalue weighted by atomic mass is 10.0. The van der Waals surface area contributed by atoms with Gasteiger partial charge in [0.15, 0.2) is 0 Å². The first-order valence-corrected chi connectivity index (χ1v) is 9.42. The summed E-state index contributed by atoms with van der Waals surface area (Å²) < 4.78 is 5.70. The van der Waals surface area contributed by atoms with Gasteiger partial charge in [-0.25, -0.2) is 0 Å². The van der Waals surface area contributed by atoms with Crippen molar-refractivity contribution in [1.29, 1.82) is 0 Å². The summed E-state index contributed by atoms with van der Waals surface area (Å²) in [5.74, 6) is 0.733. The van der Waals surface area contributed by atoms with Crippen LogP contribution in [0.1, 0.15) is 33.3 Å². The zero-order valence-electron chi connectivity index (χ0n) is 16.9. The summed E-state index contributed by atoms with van der Waals surface area (Å²) in [4.78, 5) is 28.8. The van der Waals surface area contributed by atoms with E-state index in [2.05, 4.69) is 13.8 Å². The third kappa shape index (κ3) is 4.89. The van der Waals surface area contributed by atoms with Gasteiger partial charge in [0, 0.05) is 20.1 Å². The normalized spacial score (nSPS) is 14.7. The standard InChI is InChI=1S/C21H30N2O4/c1-14(2)12-23-20(25)18(19(21(23)26)22(5)10-11-24)16-6-8-17(9-7-16)27-13-15(3)4/h6-9,14-15,24H,10-13H2,1-5H3. The molecule has 1 aliphatic heterocycles. The van der Waals surface area contributed by atoms with Crippen LogP contribution in [0, 0.1) is 11.8 Å². The maximum absolute atomic E-state index is 13.0. The van der Waals surface area contributed by atoms with Crippen LogP contribution in [0.5, 0.6) is 5.75 Å². The van der Waals surface area contributed by atoms with Crippen LogP contribution < -0.4 is 4.74 Å². The van der Waals surface area contributed by atoms with Crippen molar-refractivity contribution in [2.24, 2.45) is 11.8 Å². The van der Waals surface area contributed by atoms with E-state index in [1.54, 1.807) is 11.9 Å². The Morgan fingerprint density at radius 2 is 1.67 bits per heavy atom. The first kappa shape index (κ1) is 21.0. The van der Waals surface area contributed by atoms with E-state index < -0.39 is 0 Å². The second-order valence-electron chi connectivity index (χ2n) is 7.71. The Bertz CT molecular complexity index is 707. The van der Waals surface area contributed by atoms with Crippen molar-refractivity contribution in [1.82, 2.24) is 9.80 Å². The van der Waals surface area contributed by atoms with E-state index in [4.69, 9.17) is 4.74 Å². The maximum atomic E-state index is 13.0. The van der Waals surface area contributed by atoms with Gasteiger partial charge in [0.1, 0.15) is 11.4 Å². The molecule has 1 aromatic rings. The number of amides is 2. The van der Waals surface area contributed by atoms with Gasteiger partial charge < -0.3 is 14.7 Å². The fraction of sp³-hybridized carbons (Fsp3) is 0.524. The summed E-state index contributed by atoms with van der Waals surface area (Å²) in [6.07, 6.45) is 0. The predicted molar refractivity (Wildman–Crippen MR) is 105 cm³/mol. The fourth-order valence-electron chi connectivity index (χ4n) is 2.95. The largest absolute Gasteiger partial charge is 0.493 e. The highest BCUT2D eigenvalue weighted by atomic mass is 16.5. The molecule has 0 atom stereocenters. The van der Waals surface area contributed by atoms with Gasteiger partial charge in [0.05, 0.1) is 18.8 Å². The van der Waals surface area contributed by atoms with Crippen LogP contribution in [0.25, 0.3) is 5.57 Å². The molecule has 1 aliphatic rings. The Labute approximate surface area is 161 Å². The van der Waals surface area contributed by atoms with Crippen molar-refractivity contribution in [3.63, 3.8) is 0 Å². The molecule has 0 spiro atoms. The molecule has 0 saturated carbocycles. The van der Waals surface area contributed by atoms with Crippen molar-refractivity contribution in [3.05, 3.63) is 35.5 Å². The number of hydrogen-bond donors (Lipinski definition) is 1. The van der Waals surface area contributed by atoms with Gasteiger partial charge >= 0.3 is 0 Å². The molecule has 0 fully saturated rings. The zero-order valence-corrected chi connectivity index (χ0v) is 16.9. The molecule has 0 bridgehead atoms. The number of aliphatic hydroxyl groups excluding tert-OH is 1. The van der Waals surface area contributed by atoms with Crippen LogP contribution in [0.3, 0.4) is 0 Å². The Balaban J connectivity index is 2.38. The average Bonchev–Trinajstić information content (AvgIpc) is 2.85. The van der Waals surface area contributed by atoms with Gasteiger partial charge in [-0.2, -0.15) is 0 Å². The molecule has 148 valence electrons. The number of carbonyl (C=O) groups is 2. The Kier molecular flexibility index (Phi) is 7.02. The zero-order chi connectivity index (χ0) is 20.1. The number of rotatable bonds is 9. The molecular weight excluding hydrogens is 344 g/mol. The number of hydrogen-bond acceptors (Lipinski definition) is 5. The third-order valence-corrected chi connectivity index (χ3v) is 4.23. The smallest absolute Gasteiger partial charge is 0.277 e. The van der Waals surface area contributed by atoms with E-state index in [1.807, 2.05) is 38.1 Å². The van der Waals surface area contributed by atoms with Gasteiger partial charge in [0.2, 0.25) is 0 Å². The van der Waals surface area contributed by atoms with Crippen molar-refractivity contribution in [2.75, 3.05) is 33.4 Å². The molecule has 6 heteroatoms. The maximum Gasteiger partial charge on any atom is 0.277 e. The van der Waals surface area contributed by atoms with Gasteiger partial charge in [0.25, 0.3) is 11.8 Å². The van der Waals surface area contributed by atoms with Crippen LogP contribution in [0.4, 0.5) is 0 Å². The lowest BCUT2D eigenvalue weighted by Crippen LogP contribution is -2.37. The van der Waals surface area contributed by atoms with Crippen LogP contribution in [0.15, 0.2) is 30.0 Å². The van der Waals surface area contributed by atoms with Gasteiger partial charge in [-0.05, 0) is 29.5 Å². The average molecular weight is 374 g/mol. The minimum absolute atomic E-state index is 0.0963. The van der Waals surface area contributed by atoms with E-state index in [1.165, 1.54) is 4.90 Å². The molecule has 0 aromatic heterocycles. The topological polar surface area (TPSA) is 70.1 Å². The quantitative estimate of drug-likeness (QED) is 0.672. The molecule has 0 saturated heterocycles. The molecule has 0 radical (unpaired) electrons. The third-order valence-electron chi connectivity index (χ3n) is 4.23. The monoisotopic (exact) mass is 374 g/mol. The molecule has 1 aromatic carbocycles. The number of carbonyl (C=O) groups excluding carboxylic acids is 2. The van der Waals surface area contributed by atoms with Crippen molar-refractivity contribution < 1.29 is 19.4 Å². The molecule has 0 aliphatic carbocycles. The Morgan fingerprint density at radius 1 is 1.04 bits per heavy atom. The molecule has 27 heavy (non-hydrogen) atoms. The van der Waals surface area contributed by atoms with Crippen molar-refractivity contribution in [2.45, 2.75) is 27.7 Å². The van der Waals surface area contributed by atoms with E-state index in [-0.39, 0.29) is 30.9 Å². The Hall–Kier alpha value is -2.34. The lowest BCUT2D eigenvalue weighted by molar-refractivity contribution is -0.138. The van der Waals surface area contributed by atoms with Gasteiger partial charge in [-0.15, -0.1) is 0 Å². The fourth-order valence-corrected chi connectivity index (χ4v) is 2.95. The van der Waals surface area contributed by atoms with Crippen LogP contribution in [0.2, 0.25) is 0 Å². The SMILES string of the molecule is CC(C)COc1ccc(C2=C(N(C)CCO)C(=O)N(CC(C)C)C2=O)cc1. The highest BCUT2D eigenvalue weighted by Gasteiger charge is 2.40. The summed E-state index contributed by atoms with van der Waals surface area (Å²) in [6.45, 7) is 9.26. The molecule has 6 nitrogen and oxygen atoms in total. The van der Waals surface area contributed by atoms with Crippen LogP contribution >= 0.6 is 0 Å². The number of ether oxygens (including phenoxy) is 1. The number of aliphatic hydroxyl groups is 1. The number of likely N-dealkylation sites (N-methyl/N-ethyl adjacent to an activating group) is 1. The number of imide groups is 1. The summed E-state index contributed by atoms with van der Waals surface area (Å²) in [6, 6.07) is 7.25. The summed E-state index contributed by atoms with van der Waals surface area (Å²) in [5.41, 5.74) is 1.40. The van der Waals surface area contributed by atoms with Gasteiger partial charge in [-0.1, -0.05) is 39.8 Å². The van der Waals surface area contributed by atoms with Crippen molar-refractivity contribution in [3.8, 4) is 5.75 Å². The van der Waals surface area contributed by atoms with Crippen LogP contribution in [-0.4, -0.2) is 60.1 Å². The van der Waals surface area contributed by atoms with E-state index in [0.29, 0.717) is 35.9 Å². The van der Waals surface area contributed by atoms with E-state index in [9.17, 15) is 14.7 Å². The second-order valence-corrected chi connectivity index (χ2v) is 7.71.